The van der Waals surface area contributed by atoms with E-state index < -0.39 is 23.4 Å². The quantitative estimate of drug-likeness (QED) is 0.517. The van der Waals surface area contributed by atoms with Crippen LogP contribution in [0.5, 0.6) is 0 Å². The molecule has 0 atom stereocenters. The molecule has 0 spiro atoms. The molecule has 0 bridgehead atoms. The predicted octanol–water partition coefficient (Wildman–Crippen LogP) is 3.01. The van der Waals surface area contributed by atoms with Crippen LogP contribution in [0.25, 0.3) is 0 Å². The lowest BCUT2D eigenvalue weighted by atomic mass is 10.1. The lowest BCUT2D eigenvalue weighted by molar-refractivity contribution is -0.385. The summed E-state index contributed by atoms with van der Waals surface area (Å²) in [5.41, 5.74) is 1.60. The Bertz CT molecular complexity index is 801. The van der Waals surface area contributed by atoms with Crippen molar-refractivity contribution in [3.63, 3.8) is 0 Å². The van der Waals surface area contributed by atoms with Crippen molar-refractivity contribution in [2.45, 2.75) is 13.8 Å². The van der Waals surface area contributed by atoms with Crippen molar-refractivity contribution in [3.05, 3.63) is 69.3 Å². The first-order chi connectivity index (χ1) is 11.4. The Morgan fingerprint density at radius 2 is 1.83 bits per heavy atom. The van der Waals surface area contributed by atoms with Crippen LogP contribution in [0.1, 0.15) is 21.5 Å². The number of carbonyl (C=O) groups excluding carboxylic acids is 2. The fraction of sp³-hybridized carbons (Fsp3) is 0.176. The third-order valence-electron chi connectivity index (χ3n) is 3.48. The highest BCUT2D eigenvalue weighted by Crippen LogP contribution is 2.21. The predicted molar refractivity (Wildman–Crippen MR) is 87.9 cm³/mol. The van der Waals surface area contributed by atoms with E-state index in [1.807, 2.05) is 19.1 Å². The number of carbonyl (C=O) groups is 2. The van der Waals surface area contributed by atoms with E-state index in [2.05, 4.69) is 5.32 Å². The standard InChI is InChI=1S/C17H16N2O5/c1-11-6-3-4-8-14(11)18-16(20)10-24-17(21)13-7-5-9-15(12(13)2)19(22)23/h3-9H,10H2,1-2H3,(H,18,20). The van der Waals surface area contributed by atoms with Crippen LogP contribution in [0.15, 0.2) is 42.5 Å². The van der Waals surface area contributed by atoms with Gasteiger partial charge in [0.05, 0.1) is 10.5 Å². The Balaban J connectivity index is 2.01. The largest absolute Gasteiger partial charge is 0.452 e. The number of nitrogens with one attached hydrogen (secondary N) is 1. The van der Waals surface area contributed by atoms with Crippen LogP contribution in [0, 0.1) is 24.0 Å². The zero-order valence-corrected chi connectivity index (χ0v) is 13.2. The topological polar surface area (TPSA) is 98.5 Å². The maximum atomic E-state index is 12.0. The van der Waals surface area contributed by atoms with Crippen molar-refractivity contribution in [2.75, 3.05) is 11.9 Å². The van der Waals surface area contributed by atoms with E-state index in [1.165, 1.54) is 25.1 Å². The number of anilines is 1. The Hall–Kier alpha value is -3.22. The van der Waals surface area contributed by atoms with Crippen LogP contribution in [0.2, 0.25) is 0 Å². The van der Waals surface area contributed by atoms with Gasteiger partial charge in [-0.25, -0.2) is 4.79 Å². The lowest BCUT2D eigenvalue weighted by Crippen LogP contribution is -2.21. The third-order valence-corrected chi connectivity index (χ3v) is 3.48. The van der Waals surface area contributed by atoms with Crippen LogP contribution in [0.4, 0.5) is 11.4 Å². The Morgan fingerprint density at radius 3 is 2.50 bits per heavy atom. The molecule has 0 aromatic heterocycles. The first-order valence-electron chi connectivity index (χ1n) is 7.16. The average molecular weight is 328 g/mol. The number of hydrogen-bond acceptors (Lipinski definition) is 5. The monoisotopic (exact) mass is 328 g/mol. The molecule has 1 N–H and O–H groups in total. The first-order valence-corrected chi connectivity index (χ1v) is 7.16. The smallest absolute Gasteiger partial charge is 0.339 e. The maximum Gasteiger partial charge on any atom is 0.339 e. The molecule has 0 aliphatic carbocycles. The molecule has 124 valence electrons. The van der Waals surface area contributed by atoms with Gasteiger partial charge in [0.1, 0.15) is 0 Å². The van der Waals surface area contributed by atoms with Crippen molar-refractivity contribution in [3.8, 4) is 0 Å². The molecule has 0 heterocycles. The molecule has 24 heavy (non-hydrogen) atoms. The number of nitro benzene ring substituents is 1. The second-order valence-corrected chi connectivity index (χ2v) is 5.15. The van der Waals surface area contributed by atoms with Crippen LogP contribution < -0.4 is 5.32 Å². The van der Waals surface area contributed by atoms with Gasteiger partial charge in [-0.3, -0.25) is 14.9 Å². The van der Waals surface area contributed by atoms with Gasteiger partial charge in [-0.2, -0.15) is 0 Å². The number of rotatable bonds is 5. The van der Waals surface area contributed by atoms with E-state index in [9.17, 15) is 19.7 Å². The zero-order chi connectivity index (χ0) is 17.7. The fourth-order valence-electron chi connectivity index (χ4n) is 2.15. The second kappa shape index (κ2) is 7.36. The van der Waals surface area contributed by atoms with Gasteiger partial charge in [0, 0.05) is 17.3 Å². The molecule has 0 aliphatic rings. The van der Waals surface area contributed by atoms with Gasteiger partial charge < -0.3 is 10.1 Å². The average Bonchev–Trinajstić information content (AvgIpc) is 2.54. The van der Waals surface area contributed by atoms with Gasteiger partial charge in [-0.1, -0.05) is 24.3 Å². The van der Waals surface area contributed by atoms with E-state index in [0.29, 0.717) is 5.69 Å². The molecule has 1 amide bonds. The third kappa shape index (κ3) is 3.95. The molecule has 2 rings (SSSR count). The highest BCUT2D eigenvalue weighted by molar-refractivity contribution is 5.96. The summed E-state index contributed by atoms with van der Waals surface area (Å²) in [6.45, 7) is 2.82. The van der Waals surface area contributed by atoms with E-state index in [-0.39, 0.29) is 16.8 Å². The number of aryl methyl sites for hydroxylation is 1. The van der Waals surface area contributed by atoms with Crippen molar-refractivity contribution >= 4 is 23.3 Å². The number of amides is 1. The molecule has 0 unspecified atom stereocenters. The molecule has 2 aromatic rings. The molecule has 2 aromatic carbocycles. The van der Waals surface area contributed by atoms with Crippen LogP contribution in [-0.4, -0.2) is 23.4 Å². The fourth-order valence-corrected chi connectivity index (χ4v) is 2.15. The molecule has 0 fully saturated rings. The summed E-state index contributed by atoms with van der Waals surface area (Å²) in [4.78, 5) is 34.2. The van der Waals surface area contributed by atoms with Gasteiger partial charge in [-0.15, -0.1) is 0 Å². The summed E-state index contributed by atoms with van der Waals surface area (Å²) in [6.07, 6.45) is 0. The first kappa shape index (κ1) is 17.1. The number of esters is 1. The molecule has 7 heteroatoms. The van der Waals surface area contributed by atoms with Crippen molar-refractivity contribution in [2.24, 2.45) is 0 Å². The number of para-hydroxylation sites is 1. The summed E-state index contributed by atoms with van der Waals surface area (Å²) in [5, 5.41) is 13.5. The van der Waals surface area contributed by atoms with Gasteiger partial charge in [0.15, 0.2) is 6.61 Å². The number of nitro groups is 1. The van der Waals surface area contributed by atoms with Gasteiger partial charge in [-0.05, 0) is 31.5 Å². The van der Waals surface area contributed by atoms with Gasteiger partial charge in [0.2, 0.25) is 0 Å². The highest BCUT2D eigenvalue weighted by Gasteiger charge is 2.19. The van der Waals surface area contributed by atoms with Crippen LogP contribution in [0.3, 0.4) is 0 Å². The molecule has 0 saturated heterocycles. The van der Waals surface area contributed by atoms with E-state index in [4.69, 9.17) is 4.74 Å². The summed E-state index contributed by atoms with van der Waals surface area (Å²) in [5.74, 6) is -1.27. The normalized spacial score (nSPS) is 10.1. The van der Waals surface area contributed by atoms with Crippen LogP contribution in [-0.2, 0) is 9.53 Å². The minimum absolute atomic E-state index is 0.0629. The second-order valence-electron chi connectivity index (χ2n) is 5.15. The molecule has 0 aliphatic heterocycles. The minimum Gasteiger partial charge on any atom is -0.452 e. The number of benzene rings is 2. The number of ether oxygens (including phenoxy) is 1. The highest BCUT2D eigenvalue weighted by atomic mass is 16.6. The summed E-state index contributed by atoms with van der Waals surface area (Å²) < 4.78 is 4.94. The minimum atomic E-state index is -0.781. The SMILES string of the molecule is Cc1ccccc1NC(=O)COC(=O)c1cccc([N+](=O)[O-])c1C. The Kier molecular flexibility index (Phi) is 5.26. The maximum absolute atomic E-state index is 12.0. The number of hydrogen-bond donors (Lipinski definition) is 1. The molecular formula is C17H16N2O5. The molecule has 0 radical (unpaired) electrons. The zero-order valence-electron chi connectivity index (χ0n) is 13.2. The Labute approximate surface area is 138 Å². The van der Waals surface area contributed by atoms with E-state index in [1.54, 1.807) is 12.1 Å². The molecular weight excluding hydrogens is 312 g/mol. The lowest BCUT2D eigenvalue weighted by Gasteiger charge is -2.09. The van der Waals surface area contributed by atoms with Crippen molar-refractivity contribution in [1.29, 1.82) is 0 Å². The van der Waals surface area contributed by atoms with Gasteiger partial charge >= 0.3 is 5.97 Å². The number of nitrogens with zero attached hydrogens (tertiary/aromatic N) is 1. The Morgan fingerprint density at radius 1 is 1.12 bits per heavy atom. The van der Waals surface area contributed by atoms with Crippen molar-refractivity contribution in [1.82, 2.24) is 0 Å². The van der Waals surface area contributed by atoms with Crippen LogP contribution >= 0.6 is 0 Å². The summed E-state index contributed by atoms with van der Waals surface area (Å²) in [7, 11) is 0. The van der Waals surface area contributed by atoms with Crippen molar-refractivity contribution < 1.29 is 19.2 Å². The summed E-state index contributed by atoms with van der Waals surface area (Å²) >= 11 is 0. The van der Waals surface area contributed by atoms with E-state index in [0.717, 1.165) is 5.56 Å². The molecule has 7 nitrogen and oxygen atoms in total. The summed E-state index contributed by atoms with van der Waals surface area (Å²) in [6, 6.07) is 11.3. The van der Waals surface area contributed by atoms with Gasteiger partial charge in [0.25, 0.3) is 11.6 Å². The molecule has 0 saturated carbocycles. The van der Waals surface area contributed by atoms with E-state index >= 15 is 0 Å².